The minimum Gasteiger partial charge on any atom is -0.481 e. The number of carboxylic acid groups (broad SMARTS) is 2. The molecule has 8 heteroatoms. The van der Waals surface area contributed by atoms with E-state index in [1.54, 1.807) is 6.92 Å². The molecule has 0 aromatic carbocycles. The Morgan fingerprint density at radius 1 is 1.42 bits per heavy atom. The molecule has 1 aromatic rings. The zero-order chi connectivity index (χ0) is 14.4. The topological polar surface area (TPSA) is 130 Å². The van der Waals surface area contributed by atoms with Crippen molar-refractivity contribution in [1.82, 2.24) is 10.5 Å². The molecule has 1 atom stereocenters. The SMILES string of the molecule is Cc1cc(C(=O)N[C@H](CCCC(=O)O)C(=O)O)on1. The number of carbonyl (C=O) groups excluding carboxylic acids is 1. The van der Waals surface area contributed by atoms with E-state index in [2.05, 4.69) is 10.5 Å². The second kappa shape index (κ2) is 6.53. The Morgan fingerprint density at radius 2 is 2.11 bits per heavy atom. The maximum absolute atomic E-state index is 11.6. The number of hydrogen-bond donors (Lipinski definition) is 3. The number of nitrogens with one attached hydrogen (secondary N) is 1. The van der Waals surface area contributed by atoms with E-state index in [1.807, 2.05) is 0 Å². The standard InChI is InChI=1S/C11H14N2O6/c1-6-5-8(19-13-6)10(16)12-7(11(17)18)3-2-4-9(14)15/h5,7H,2-4H2,1H3,(H,12,16)(H,14,15)(H,17,18)/t7-/m1/s1. The number of aliphatic carboxylic acids is 2. The summed E-state index contributed by atoms with van der Waals surface area (Å²) in [4.78, 5) is 32.9. The zero-order valence-corrected chi connectivity index (χ0v) is 10.3. The van der Waals surface area contributed by atoms with Crippen LogP contribution in [0.5, 0.6) is 0 Å². The number of aromatic nitrogens is 1. The molecule has 0 aliphatic heterocycles. The third kappa shape index (κ3) is 4.78. The molecule has 3 N–H and O–H groups in total. The summed E-state index contributed by atoms with van der Waals surface area (Å²) in [5, 5.41) is 23.2. The maximum atomic E-state index is 11.6. The summed E-state index contributed by atoms with van der Waals surface area (Å²) >= 11 is 0. The molecule has 104 valence electrons. The minimum atomic E-state index is -1.23. The van der Waals surface area contributed by atoms with E-state index in [-0.39, 0.29) is 25.0 Å². The lowest BCUT2D eigenvalue weighted by atomic mass is 10.1. The molecule has 0 fully saturated rings. The van der Waals surface area contributed by atoms with E-state index in [0.717, 1.165) is 0 Å². The van der Waals surface area contributed by atoms with Gasteiger partial charge >= 0.3 is 11.9 Å². The van der Waals surface area contributed by atoms with Crippen molar-refractivity contribution in [2.24, 2.45) is 0 Å². The summed E-state index contributed by atoms with van der Waals surface area (Å²) in [6, 6.07) is 0.225. The van der Waals surface area contributed by atoms with Crippen LogP contribution in [0, 0.1) is 6.92 Å². The quantitative estimate of drug-likeness (QED) is 0.654. The highest BCUT2D eigenvalue weighted by Gasteiger charge is 2.22. The van der Waals surface area contributed by atoms with Gasteiger partial charge in [0.05, 0.1) is 5.69 Å². The first kappa shape index (κ1) is 14.7. The Labute approximate surface area is 108 Å². The predicted molar refractivity (Wildman–Crippen MR) is 61.6 cm³/mol. The summed E-state index contributed by atoms with van der Waals surface area (Å²) in [7, 11) is 0. The Hall–Kier alpha value is -2.38. The molecule has 0 radical (unpaired) electrons. The molecule has 8 nitrogen and oxygen atoms in total. The van der Waals surface area contributed by atoms with Gasteiger partial charge in [-0.2, -0.15) is 0 Å². The van der Waals surface area contributed by atoms with Crippen LogP contribution in [0.25, 0.3) is 0 Å². The van der Waals surface area contributed by atoms with Gasteiger partial charge in [-0.05, 0) is 19.8 Å². The second-order valence-electron chi connectivity index (χ2n) is 3.98. The first-order valence-corrected chi connectivity index (χ1v) is 5.59. The van der Waals surface area contributed by atoms with Crippen LogP contribution in [-0.2, 0) is 9.59 Å². The fourth-order valence-electron chi connectivity index (χ4n) is 1.41. The Morgan fingerprint density at radius 3 is 2.58 bits per heavy atom. The molecule has 0 spiro atoms. The highest BCUT2D eigenvalue weighted by atomic mass is 16.5. The number of carbonyl (C=O) groups is 3. The summed E-state index contributed by atoms with van der Waals surface area (Å²) < 4.78 is 4.70. The molecule has 1 amide bonds. The molecule has 0 unspecified atom stereocenters. The van der Waals surface area contributed by atoms with Gasteiger partial charge in [0.25, 0.3) is 5.91 Å². The van der Waals surface area contributed by atoms with E-state index >= 15 is 0 Å². The molecule has 1 rings (SSSR count). The van der Waals surface area contributed by atoms with Crippen LogP contribution in [0.4, 0.5) is 0 Å². The highest BCUT2D eigenvalue weighted by Crippen LogP contribution is 2.06. The molecule has 0 saturated carbocycles. The van der Waals surface area contributed by atoms with E-state index in [0.29, 0.717) is 5.69 Å². The summed E-state index contributed by atoms with van der Waals surface area (Å²) in [6.07, 6.45) is 0.0313. The first-order valence-electron chi connectivity index (χ1n) is 5.59. The van der Waals surface area contributed by atoms with E-state index in [9.17, 15) is 14.4 Å². The predicted octanol–water partition coefficient (Wildman–Crippen LogP) is 0.421. The average molecular weight is 270 g/mol. The van der Waals surface area contributed by atoms with Crippen molar-refractivity contribution in [2.75, 3.05) is 0 Å². The molecular weight excluding hydrogens is 256 g/mol. The number of nitrogens with zero attached hydrogens (tertiary/aromatic N) is 1. The minimum absolute atomic E-state index is 0.0283. The van der Waals surface area contributed by atoms with Gasteiger partial charge in [-0.3, -0.25) is 9.59 Å². The van der Waals surface area contributed by atoms with Gasteiger partial charge < -0.3 is 20.1 Å². The molecule has 0 aliphatic rings. The Bertz CT molecular complexity index is 481. The number of amides is 1. The molecule has 0 aliphatic carbocycles. The molecule has 0 saturated heterocycles. The number of aryl methyl sites for hydroxylation is 1. The van der Waals surface area contributed by atoms with Crippen molar-refractivity contribution in [3.63, 3.8) is 0 Å². The normalized spacial score (nSPS) is 11.8. The average Bonchev–Trinajstić information content (AvgIpc) is 2.73. The van der Waals surface area contributed by atoms with Gasteiger partial charge in [0.2, 0.25) is 5.76 Å². The van der Waals surface area contributed by atoms with Crippen molar-refractivity contribution >= 4 is 17.8 Å². The second-order valence-corrected chi connectivity index (χ2v) is 3.98. The van der Waals surface area contributed by atoms with Gasteiger partial charge in [0, 0.05) is 12.5 Å². The van der Waals surface area contributed by atoms with E-state index in [1.165, 1.54) is 6.07 Å². The zero-order valence-electron chi connectivity index (χ0n) is 10.3. The Kier molecular flexibility index (Phi) is 5.04. The fraction of sp³-hybridized carbons (Fsp3) is 0.455. The molecule has 0 bridgehead atoms. The van der Waals surface area contributed by atoms with Gasteiger partial charge in [-0.25, -0.2) is 4.79 Å². The van der Waals surface area contributed by atoms with Crippen LogP contribution >= 0.6 is 0 Å². The van der Waals surface area contributed by atoms with Gasteiger partial charge in [0.1, 0.15) is 6.04 Å². The van der Waals surface area contributed by atoms with Crippen molar-refractivity contribution in [1.29, 1.82) is 0 Å². The van der Waals surface area contributed by atoms with Gasteiger partial charge in [0.15, 0.2) is 0 Å². The van der Waals surface area contributed by atoms with Crippen LogP contribution in [0.2, 0.25) is 0 Å². The third-order valence-corrected chi connectivity index (χ3v) is 2.34. The first-order chi connectivity index (χ1) is 8.90. The lowest BCUT2D eigenvalue weighted by molar-refractivity contribution is -0.140. The smallest absolute Gasteiger partial charge is 0.326 e. The van der Waals surface area contributed by atoms with Crippen molar-refractivity contribution in [2.45, 2.75) is 32.2 Å². The monoisotopic (exact) mass is 270 g/mol. The third-order valence-electron chi connectivity index (χ3n) is 2.34. The molecule has 1 heterocycles. The summed E-state index contributed by atoms with van der Waals surface area (Å²) in [5.41, 5.74) is 0.503. The van der Waals surface area contributed by atoms with Crippen LogP contribution in [0.3, 0.4) is 0 Å². The van der Waals surface area contributed by atoms with Crippen molar-refractivity contribution < 1.29 is 29.1 Å². The fourth-order valence-corrected chi connectivity index (χ4v) is 1.41. The van der Waals surface area contributed by atoms with Crippen molar-refractivity contribution in [3.8, 4) is 0 Å². The van der Waals surface area contributed by atoms with Crippen molar-refractivity contribution in [3.05, 3.63) is 17.5 Å². The molecule has 1 aromatic heterocycles. The van der Waals surface area contributed by atoms with Crippen LogP contribution < -0.4 is 5.32 Å². The van der Waals surface area contributed by atoms with Crippen LogP contribution in [0.1, 0.15) is 35.5 Å². The van der Waals surface area contributed by atoms with Gasteiger partial charge in [-0.15, -0.1) is 0 Å². The maximum Gasteiger partial charge on any atom is 0.326 e. The number of carboxylic acids is 2. The molecular formula is C11H14N2O6. The van der Waals surface area contributed by atoms with Crippen LogP contribution in [-0.4, -0.2) is 39.3 Å². The van der Waals surface area contributed by atoms with Gasteiger partial charge in [-0.1, -0.05) is 5.16 Å². The molecule has 19 heavy (non-hydrogen) atoms. The highest BCUT2D eigenvalue weighted by molar-refractivity contribution is 5.94. The van der Waals surface area contributed by atoms with Crippen LogP contribution in [0.15, 0.2) is 10.6 Å². The number of hydrogen-bond acceptors (Lipinski definition) is 5. The largest absolute Gasteiger partial charge is 0.481 e. The lowest BCUT2D eigenvalue weighted by Crippen LogP contribution is -2.40. The van der Waals surface area contributed by atoms with E-state index in [4.69, 9.17) is 14.7 Å². The number of rotatable bonds is 7. The van der Waals surface area contributed by atoms with E-state index < -0.39 is 23.9 Å². The Balaban J connectivity index is 2.55. The lowest BCUT2D eigenvalue weighted by Gasteiger charge is -2.12. The summed E-state index contributed by atoms with van der Waals surface area (Å²) in [6.45, 7) is 1.63. The summed E-state index contributed by atoms with van der Waals surface area (Å²) in [5.74, 6) is -3.01.